The van der Waals surface area contributed by atoms with Crippen LogP contribution in [0.3, 0.4) is 0 Å². The maximum absolute atomic E-state index is 2.39. The van der Waals surface area contributed by atoms with E-state index in [1.807, 2.05) is 0 Å². The van der Waals surface area contributed by atoms with Gasteiger partial charge < -0.3 is 0 Å². The largest absolute Gasteiger partial charge is 0.0649 e. The van der Waals surface area contributed by atoms with Crippen LogP contribution in [0.5, 0.6) is 0 Å². The van der Waals surface area contributed by atoms with Crippen LogP contribution in [0.4, 0.5) is 0 Å². The molecule has 0 amide bonds. The molecule has 0 aromatic rings. The van der Waals surface area contributed by atoms with E-state index in [4.69, 9.17) is 0 Å². The Morgan fingerprint density at radius 1 is 0.818 bits per heavy atom. The van der Waals surface area contributed by atoms with E-state index in [9.17, 15) is 0 Å². The van der Waals surface area contributed by atoms with Crippen molar-refractivity contribution in [2.75, 3.05) is 0 Å². The first-order valence-electron chi connectivity index (χ1n) is 5.24. The molecular formula is C11H20. The van der Waals surface area contributed by atoms with Gasteiger partial charge in [-0.3, -0.25) is 0 Å². The fraction of sp³-hybridized carbons (Fsp3) is 1.00. The van der Waals surface area contributed by atoms with Gasteiger partial charge in [-0.2, -0.15) is 0 Å². The fourth-order valence-electron chi connectivity index (χ4n) is 3.42. The minimum atomic E-state index is 0.815. The van der Waals surface area contributed by atoms with Gasteiger partial charge in [0.1, 0.15) is 0 Å². The Morgan fingerprint density at radius 2 is 1.18 bits per heavy atom. The molecule has 2 fully saturated rings. The van der Waals surface area contributed by atoms with Crippen LogP contribution in [0.1, 0.15) is 58.8 Å². The summed E-state index contributed by atoms with van der Waals surface area (Å²) in [5.74, 6) is 0. The molecule has 0 aliphatic heterocycles. The van der Waals surface area contributed by atoms with Gasteiger partial charge in [-0.1, -0.05) is 26.7 Å². The normalized spacial score (nSPS) is 48.5. The van der Waals surface area contributed by atoms with Crippen molar-refractivity contribution in [3.8, 4) is 0 Å². The second-order valence-electron chi connectivity index (χ2n) is 4.88. The predicted molar refractivity (Wildman–Crippen MR) is 48.5 cm³/mol. The molecule has 0 atom stereocenters. The van der Waals surface area contributed by atoms with Gasteiger partial charge in [0.25, 0.3) is 0 Å². The second kappa shape index (κ2) is 2.24. The van der Waals surface area contributed by atoms with Crippen LogP contribution in [0.2, 0.25) is 0 Å². The number of rotatable bonds is 2. The van der Waals surface area contributed by atoms with Gasteiger partial charge in [0.15, 0.2) is 0 Å². The average molecular weight is 152 g/mol. The second-order valence-corrected chi connectivity index (χ2v) is 4.88. The van der Waals surface area contributed by atoms with Gasteiger partial charge in [-0.25, -0.2) is 0 Å². The van der Waals surface area contributed by atoms with Crippen LogP contribution in [0.25, 0.3) is 0 Å². The Morgan fingerprint density at radius 3 is 1.36 bits per heavy atom. The van der Waals surface area contributed by atoms with Crippen LogP contribution >= 0.6 is 0 Å². The van der Waals surface area contributed by atoms with E-state index < -0.39 is 0 Å². The van der Waals surface area contributed by atoms with Crippen LogP contribution in [0, 0.1) is 10.8 Å². The van der Waals surface area contributed by atoms with E-state index in [1.165, 1.54) is 38.5 Å². The molecule has 64 valence electrons. The molecular weight excluding hydrogens is 132 g/mol. The lowest BCUT2D eigenvalue weighted by atomic mass is 9.80. The lowest BCUT2D eigenvalue weighted by molar-refractivity contribution is 0.264. The molecule has 0 nitrogen and oxygen atoms in total. The highest BCUT2D eigenvalue weighted by molar-refractivity contribution is 5.02. The Bertz CT molecular complexity index is 131. The zero-order valence-corrected chi connectivity index (χ0v) is 7.95. The highest BCUT2D eigenvalue weighted by atomic mass is 14.6. The van der Waals surface area contributed by atoms with Crippen molar-refractivity contribution in [1.82, 2.24) is 0 Å². The summed E-state index contributed by atoms with van der Waals surface area (Å²) in [4.78, 5) is 0. The van der Waals surface area contributed by atoms with E-state index in [-0.39, 0.29) is 0 Å². The van der Waals surface area contributed by atoms with Crippen molar-refractivity contribution in [2.45, 2.75) is 58.8 Å². The van der Waals surface area contributed by atoms with E-state index in [0.29, 0.717) is 0 Å². The van der Waals surface area contributed by atoms with Gasteiger partial charge in [-0.05, 0) is 42.9 Å². The zero-order valence-electron chi connectivity index (χ0n) is 7.95. The van der Waals surface area contributed by atoms with Crippen LogP contribution < -0.4 is 0 Å². The van der Waals surface area contributed by atoms with Gasteiger partial charge in [0, 0.05) is 0 Å². The highest BCUT2D eigenvalue weighted by Gasteiger charge is 2.51. The third kappa shape index (κ3) is 0.947. The van der Waals surface area contributed by atoms with Crippen molar-refractivity contribution < 1.29 is 0 Å². The fourth-order valence-corrected chi connectivity index (χ4v) is 3.42. The molecule has 2 saturated carbocycles. The topological polar surface area (TPSA) is 0 Å². The number of hydrogen-bond donors (Lipinski definition) is 0. The van der Waals surface area contributed by atoms with Crippen LogP contribution in [-0.2, 0) is 0 Å². The molecule has 2 aliphatic carbocycles. The number of fused-ring (bicyclic) bond motifs is 2. The standard InChI is InChI=1S/C11H20/c1-3-10-5-7-11(4-2,9-10)8-6-10/h3-9H2,1-2H3. The third-order valence-corrected chi connectivity index (χ3v) is 4.62. The third-order valence-electron chi connectivity index (χ3n) is 4.62. The smallest absolute Gasteiger partial charge is 0.0294 e. The van der Waals surface area contributed by atoms with E-state index in [2.05, 4.69) is 13.8 Å². The monoisotopic (exact) mass is 152 g/mol. The van der Waals surface area contributed by atoms with Gasteiger partial charge in [0.05, 0.1) is 0 Å². The summed E-state index contributed by atoms with van der Waals surface area (Å²) < 4.78 is 0. The van der Waals surface area contributed by atoms with Crippen molar-refractivity contribution in [3.63, 3.8) is 0 Å². The minimum absolute atomic E-state index is 0.815. The molecule has 0 unspecified atom stereocenters. The SMILES string of the molecule is CCC12CCC(CC)(CC1)C2. The first-order valence-corrected chi connectivity index (χ1v) is 5.24. The van der Waals surface area contributed by atoms with Gasteiger partial charge >= 0.3 is 0 Å². The molecule has 0 heterocycles. The summed E-state index contributed by atoms with van der Waals surface area (Å²) in [5.41, 5.74) is 1.63. The molecule has 11 heavy (non-hydrogen) atoms. The van der Waals surface area contributed by atoms with E-state index in [1.54, 1.807) is 6.42 Å². The zero-order chi connectivity index (χ0) is 7.95. The summed E-state index contributed by atoms with van der Waals surface area (Å²) in [5, 5.41) is 0. The summed E-state index contributed by atoms with van der Waals surface area (Å²) >= 11 is 0. The molecule has 0 saturated heterocycles. The predicted octanol–water partition coefficient (Wildman–Crippen LogP) is 3.76. The molecule has 0 spiro atoms. The molecule has 0 aromatic heterocycles. The van der Waals surface area contributed by atoms with Crippen LogP contribution in [0.15, 0.2) is 0 Å². The summed E-state index contributed by atoms with van der Waals surface area (Å²) in [6.07, 6.45) is 10.6. The van der Waals surface area contributed by atoms with Gasteiger partial charge in [-0.15, -0.1) is 0 Å². The first-order chi connectivity index (χ1) is 5.24. The van der Waals surface area contributed by atoms with Gasteiger partial charge in [0.2, 0.25) is 0 Å². The molecule has 2 aliphatic rings. The van der Waals surface area contributed by atoms with E-state index in [0.717, 1.165) is 10.8 Å². The lowest BCUT2D eigenvalue weighted by Crippen LogP contribution is -2.12. The molecule has 2 rings (SSSR count). The Balaban J connectivity index is 2.15. The van der Waals surface area contributed by atoms with Crippen molar-refractivity contribution in [3.05, 3.63) is 0 Å². The minimum Gasteiger partial charge on any atom is -0.0649 e. The summed E-state index contributed by atoms with van der Waals surface area (Å²) in [6, 6.07) is 0. The summed E-state index contributed by atoms with van der Waals surface area (Å²) in [6.45, 7) is 4.77. The Labute approximate surface area is 70.4 Å². The Hall–Kier alpha value is 0. The van der Waals surface area contributed by atoms with Crippen molar-refractivity contribution >= 4 is 0 Å². The van der Waals surface area contributed by atoms with Crippen molar-refractivity contribution in [2.24, 2.45) is 10.8 Å². The number of hydrogen-bond acceptors (Lipinski definition) is 0. The molecule has 0 radical (unpaired) electrons. The molecule has 2 bridgehead atoms. The van der Waals surface area contributed by atoms with E-state index >= 15 is 0 Å². The molecule has 0 N–H and O–H groups in total. The Kier molecular flexibility index (Phi) is 1.56. The van der Waals surface area contributed by atoms with Crippen molar-refractivity contribution in [1.29, 1.82) is 0 Å². The molecule has 0 aromatic carbocycles. The first kappa shape index (κ1) is 7.64. The lowest BCUT2D eigenvalue weighted by Gasteiger charge is -2.25. The maximum atomic E-state index is 2.39. The van der Waals surface area contributed by atoms with Crippen LogP contribution in [-0.4, -0.2) is 0 Å². The average Bonchev–Trinajstić information content (AvgIpc) is 2.61. The summed E-state index contributed by atoms with van der Waals surface area (Å²) in [7, 11) is 0. The molecule has 0 heteroatoms. The highest BCUT2D eigenvalue weighted by Crippen LogP contribution is 2.64. The maximum Gasteiger partial charge on any atom is -0.0294 e. The quantitative estimate of drug-likeness (QED) is 0.565.